The normalized spacial score (nSPS) is 9.71. The Labute approximate surface area is 95.4 Å². The molecule has 1 heterocycles. The maximum absolute atomic E-state index is 11.3. The van der Waals surface area contributed by atoms with Crippen molar-refractivity contribution in [3.8, 4) is 0 Å². The van der Waals surface area contributed by atoms with Crippen molar-refractivity contribution >= 4 is 46.5 Å². The number of hydrogen-bond acceptors (Lipinski definition) is 2. The Morgan fingerprint density at radius 3 is 2.57 bits per heavy atom. The summed E-state index contributed by atoms with van der Waals surface area (Å²) in [4.78, 5) is 11.3. The summed E-state index contributed by atoms with van der Waals surface area (Å²) in [5, 5.41) is 6.07. The minimum absolute atomic E-state index is 0.255. The molecule has 14 heavy (non-hydrogen) atoms. The van der Waals surface area contributed by atoms with Crippen molar-refractivity contribution in [2.75, 3.05) is 5.32 Å². The van der Waals surface area contributed by atoms with Gasteiger partial charge in [0.2, 0.25) is 0 Å². The van der Waals surface area contributed by atoms with Crippen LogP contribution in [0.1, 0.15) is 0 Å². The van der Waals surface area contributed by atoms with Crippen LogP contribution in [-0.4, -0.2) is 15.7 Å². The fourth-order valence-corrected chi connectivity index (χ4v) is 0.972. The first kappa shape index (κ1) is 11.4. The highest BCUT2D eigenvalue weighted by molar-refractivity contribution is 6.63. The quantitative estimate of drug-likeness (QED) is 0.823. The summed E-state index contributed by atoms with van der Waals surface area (Å²) in [5.74, 6) is -0.0713. The molecule has 1 rings (SSSR count). The van der Waals surface area contributed by atoms with Crippen molar-refractivity contribution < 1.29 is 4.79 Å². The third-order valence-corrected chi connectivity index (χ3v) is 2.36. The maximum Gasteiger partial charge on any atom is 0.270 e. The molecule has 0 aromatic carbocycles. The third kappa shape index (κ3) is 2.64. The van der Waals surface area contributed by atoms with E-state index in [2.05, 4.69) is 10.4 Å². The van der Waals surface area contributed by atoms with Crippen LogP contribution in [0.3, 0.4) is 0 Å². The minimum Gasteiger partial charge on any atom is -0.306 e. The van der Waals surface area contributed by atoms with Gasteiger partial charge in [-0.05, 0) is 0 Å². The van der Waals surface area contributed by atoms with E-state index in [0.29, 0.717) is 5.82 Å². The van der Waals surface area contributed by atoms with Crippen LogP contribution < -0.4 is 5.32 Å². The number of carbonyl (C=O) groups excluding carboxylic acids is 1. The number of anilines is 1. The topological polar surface area (TPSA) is 46.9 Å². The smallest absolute Gasteiger partial charge is 0.270 e. The molecule has 0 atom stereocenters. The molecule has 1 N–H and O–H groups in total. The lowest BCUT2D eigenvalue weighted by atomic mass is 10.5. The van der Waals surface area contributed by atoms with Crippen molar-refractivity contribution in [2.45, 2.75) is 0 Å². The van der Waals surface area contributed by atoms with Gasteiger partial charge in [-0.1, -0.05) is 34.8 Å². The van der Waals surface area contributed by atoms with E-state index in [4.69, 9.17) is 34.8 Å². The van der Waals surface area contributed by atoms with Gasteiger partial charge in [0.25, 0.3) is 5.91 Å². The van der Waals surface area contributed by atoms with E-state index >= 15 is 0 Å². The number of rotatable bonds is 2. The predicted molar refractivity (Wildman–Crippen MR) is 56.4 cm³/mol. The van der Waals surface area contributed by atoms with Crippen LogP contribution in [0.2, 0.25) is 0 Å². The zero-order chi connectivity index (χ0) is 10.7. The number of amides is 1. The van der Waals surface area contributed by atoms with Crippen LogP contribution in [0.5, 0.6) is 0 Å². The Kier molecular flexibility index (Phi) is 3.80. The number of carbonyl (C=O) groups is 1. The second-order valence-corrected chi connectivity index (χ2v) is 3.70. The predicted octanol–water partition coefficient (Wildman–Crippen LogP) is 2.24. The number of nitrogens with zero attached hydrogens (tertiary/aromatic N) is 2. The Hall–Kier alpha value is -0.710. The van der Waals surface area contributed by atoms with E-state index in [9.17, 15) is 4.79 Å². The van der Waals surface area contributed by atoms with Gasteiger partial charge in [-0.25, -0.2) is 0 Å². The first-order chi connectivity index (χ1) is 6.52. The maximum atomic E-state index is 11.3. The molecule has 4 nitrogen and oxygen atoms in total. The highest BCUT2D eigenvalue weighted by Gasteiger charge is 2.12. The molecular weight excluding hydrogens is 248 g/mol. The molecule has 7 heteroatoms. The summed E-state index contributed by atoms with van der Waals surface area (Å²) >= 11 is 16.2. The average Bonchev–Trinajstić information content (AvgIpc) is 2.50. The molecule has 0 aliphatic rings. The molecule has 0 bridgehead atoms. The van der Waals surface area contributed by atoms with Crippen molar-refractivity contribution in [3.63, 3.8) is 0 Å². The molecule has 1 amide bonds. The lowest BCUT2D eigenvalue weighted by Crippen LogP contribution is -2.14. The summed E-state index contributed by atoms with van der Waals surface area (Å²) in [6.45, 7) is 0. The molecule has 0 radical (unpaired) electrons. The van der Waals surface area contributed by atoms with E-state index in [-0.39, 0.29) is 9.52 Å². The Morgan fingerprint density at radius 1 is 1.50 bits per heavy atom. The highest BCUT2D eigenvalue weighted by atomic mass is 35.5. The van der Waals surface area contributed by atoms with Crippen LogP contribution in [0.15, 0.2) is 21.8 Å². The van der Waals surface area contributed by atoms with E-state index in [1.54, 1.807) is 13.1 Å². The standard InChI is InChI=1S/C7H6Cl3N3O/c1-13-4(2-3-11-13)12-7(14)5(8)6(9)10/h2-3H,1H3,(H,12,14). The van der Waals surface area contributed by atoms with Crippen molar-refractivity contribution in [3.05, 3.63) is 21.8 Å². The van der Waals surface area contributed by atoms with Gasteiger partial charge in [-0.3, -0.25) is 9.48 Å². The lowest BCUT2D eigenvalue weighted by Gasteiger charge is -2.03. The number of halogens is 3. The molecule has 76 valence electrons. The van der Waals surface area contributed by atoms with E-state index in [0.717, 1.165) is 0 Å². The summed E-state index contributed by atoms with van der Waals surface area (Å²) < 4.78 is 1.20. The summed E-state index contributed by atoms with van der Waals surface area (Å²) in [5.41, 5.74) is 0. The van der Waals surface area contributed by atoms with E-state index in [1.165, 1.54) is 10.9 Å². The minimum atomic E-state index is -0.574. The first-order valence-corrected chi connectivity index (χ1v) is 4.66. The fraction of sp³-hybridized carbons (Fsp3) is 0.143. The van der Waals surface area contributed by atoms with Crippen LogP contribution >= 0.6 is 34.8 Å². The average molecular weight is 255 g/mol. The highest BCUT2D eigenvalue weighted by Crippen LogP contribution is 2.19. The zero-order valence-electron chi connectivity index (χ0n) is 7.09. The van der Waals surface area contributed by atoms with Crippen LogP contribution in [-0.2, 0) is 11.8 Å². The Balaban J connectivity index is 2.77. The van der Waals surface area contributed by atoms with Crippen molar-refractivity contribution in [1.29, 1.82) is 0 Å². The molecule has 0 aliphatic heterocycles. The van der Waals surface area contributed by atoms with Gasteiger partial charge < -0.3 is 5.32 Å². The number of hydrogen-bond donors (Lipinski definition) is 1. The molecule has 0 unspecified atom stereocenters. The number of aromatic nitrogens is 2. The Morgan fingerprint density at radius 2 is 2.14 bits per heavy atom. The van der Waals surface area contributed by atoms with E-state index < -0.39 is 5.91 Å². The van der Waals surface area contributed by atoms with Gasteiger partial charge in [-0.2, -0.15) is 5.10 Å². The Bertz CT molecular complexity index is 381. The SMILES string of the molecule is Cn1nccc1NC(=O)C(Cl)=C(Cl)Cl. The molecule has 1 aromatic heterocycles. The largest absolute Gasteiger partial charge is 0.306 e. The lowest BCUT2D eigenvalue weighted by molar-refractivity contribution is -0.112. The monoisotopic (exact) mass is 253 g/mol. The zero-order valence-corrected chi connectivity index (χ0v) is 9.36. The molecule has 0 fully saturated rings. The van der Waals surface area contributed by atoms with Crippen molar-refractivity contribution in [1.82, 2.24) is 9.78 Å². The van der Waals surface area contributed by atoms with Gasteiger partial charge >= 0.3 is 0 Å². The molecule has 0 saturated heterocycles. The summed E-state index contributed by atoms with van der Waals surface area (Å²) in [6, 6.07) is 1.62. The molecular formula is C7H6Cl3N3O. The number of aryl methyl sites for hydroxylation is 1. The summed E-state index contributed by atoms with van der Waals surface area (Å²) in [7, 11) is 1.68. The van der Waals surface area contributed by atoms with Gasteiger partial charge in [0.15, 0.2) is 0 Å². The molecule has 1 aromatic rings. The summed E-state index contributed by atoms with van der Waals surface area (Å²) in [6.07, 6.45) is 1.54. The number of nitrogens with one attached hydrogen (secondary N) is 1. The first-order valence-electron chi connectivity index (χ1n) is 3.52. The van der Waals surface area contributed by atoms with Crippen molar-refractivity contribution in [2.24, 2.45) is 7.05 Å². The third-order valence-electron chi connectivity index (χ3n) is 1.43. The van der Waals surface area contributed by atoms with Gasteiger partial charge in [0.05, 0.1) is 6.20 Å². The van der Waals surface area contributed by atoms with E-state index in [1.807, 2.05) is 0 Å². The molecule has 0 spiro atoms. The second kappa shape index (κ2) is 4.68. The van der Waals surface area contributed by atoms with Gasteiger partial charge in [0, 0.05) is 13.1 Å². The molecule has 0 aliphatic carbocycles. The molecule has 0 saturated carbocycles. The fourth-order valence-electron chi connectivity index (χ4n) is 0.754. The van der Waals surface area contributed by atoms with Gasteiger partial charge in [0.1, 0.15) is 15.3 Å². The second-order valence-electron chi connectivity index (χ2n) is 2.37. The van der Waals surface area contributed by atoms with Crippen LogP contribution in [0, 0.1) is 0 Å². The van der Waals surface area contributed by atoms with Gasteiger partial charge in [-0.15, -0.1) is 0 Å². The van der Waals surface area contributed by atoms with Crippen LogP contribution in [0.4, 0.5) is 5.82 Å². The van der Waals surface area contributed by atoms with Crippen LogP contribution in [0.25, 0.3) is 0 Å².